The number of likely N-dealkylation sites (tertiary alicyclic amines) is 1. The fraction of sp³-hybridized carbons (Fsp3) is 0.263. The van der Waals surface area contributed by atoms with E-state index in [9.17, 15) is 20.2 Å². The standard InChI is InChI=1S/C19H17N3O5/c1-26-14-4-6-16(17(11-14)22(24)25)18-7-5-15(27-18)10-13(12-20)19(23)21-8-2-3-9-21/h4-7,10-11H,2-3,8-9H2,1H3/b13-10+. The van der Waals surface area contributed by atoms with Crippen LogP contribution >= 0.6 is 0 Å². The van der Waals surface area contributed by atoms with E-state index in [-0.39, 0.29) is 34.3 Å². The smallest absolute Gasteiger partial charge is 0.284 e. The van der Waals surface area contributed by atoms with Gasteiger partial charge in [-0.25, -0.2) is 0 Å². The second-order valence-corrected chi connectivity index (χ2v) is 6.01. The molecule has 1 aliphatic heterocycles. The highest BCUT2D eigenvalue weighted by Gasteiger charge is 2.23. The first-order chi connectivity index (χ1) is 13.0. The van der Waals surface area contributed by atoms with Crippen molar-refractivity contribution in [3.8, 4) is 23.1 Å². The molecule has 0 saturated carbocycles. The number of benzene rings is 1. The van der Waals surface area contributed by atoms with Gasteiger partial charge in [0, 0.05) is 19.2 Å². The molecule has 138 valence electrons. The second-order valence-electron chi connectivity index (χ2n) is 6.01. The molecule has 2 heterocycles. The van der Waals surface area contributed by atoms with Gasteiger partial charge < -0.3 is 14.1 Å². The van der Waals surface area contributed by atoms with Crippen LogP contribution in [0.5, 0.6) is 5.75 Å². The predicted octanol–water partition coefficient (Wildman–Crippen LogP) is 3.39. The zero-order valence-electron chi connectivity index (χ0n) is 14.7. The maximum Gasteiger partial charge on any atom is 0.284 e. The summed E-state index contributed by atoms with van der Waals surface area (Å²) >= 11 is 0. The van der Waals surface area contributed by atoms with Crippen molar-refractivity contribution >= 4 is 17.7 Å². The van der Waals surface area contributed by atoms with Crippen LogP contribution < -0.4 is 4.74 Å². The molecular formula is C19H17N3O5. The first-order valence-corrected chi connectivity index (χ1v) is 8.37. The highest BCUT2D eigenvalue weighted by Crippen LogP contribution is 2.34. The molecular weight excluding hydrogens is 350 g/mol. The van der Waals surface area contributed by atoms with Gasteiger partial charge in [0.15, 0.2) is 0 Å². The van der Waals surface area contributed by atoms with Gasteiger partial charge in [0.2, 0.25) is 0 Å². The molecule has 1 amide bonds. The third kappa shape index (κ3) is 3.82. The lowest BCUT2D eigenvalue weighted by Crippen LogP contribution is -2.28. The number of nitrogens with zero attached hydrogens (tertiary/aromatic N) is 3. The number of hydrogen-bond acceptors (Lipinski definition) is 6. The van der Waals surface area contributed by atoms with E-state index in [0.717, 1.165) is 12.8 Å². The molecule has 8 nitrogen and oxygen atoms in total. The van der Waals surface area contributed by atoms with Crippen molar-refractivity contribution in [2.24, 2.45) is 0 Å². The van der Waals surface area contributed by atoms with Crippen molar-refractivity contribution in [2.45, 2.75) is 12.8 Å². The Balaban J connectivity index is 1.91. The molecule has 1 fully saturated rings. The Bertz CT molecular complexity index is 948. The van der Waals surface area contributed by atoms with E-state index >= 15 is 0 Å². The number of nitro groups is 1. The number of amides is 1. The number of rotatable bonds is 5. The van der Waals surface area contributed by atoms with Crippen LogP contribution in [-0.2, 0) is 4.79 Å². The second kappa shape index (κ2) is 7.74. The lowest BCUT2D eigenvalue weighted by Gasteiger charge is -2.13. The highest BCUT2D eigenvalue weighted by molar-refractivity contribution is 6.01. The largest absolute Gasteiger partial charge is 0.497 e. The topological polar surface area (TPSA) is 110 Å². The molecule has 8 heteroatoms. The number of ether oxygens (including phenoxy) is 1. The Morgan fingerprint density at radius 2 is 2.07 bits per heavy atom. The van der Waals surface area contributed by atoms with E-state index in [0.29, 0.717) is 18.8 Å². The molecule has 0 spiro atoms. The molecule has 1 aromatic heterocycles. The van der Waals surface area contributed by atoms with E-state index in [2.05, 4.69) is 0 Å². The van der Waals surface area contributed by atoms with E-state index in [1.165, 1.54) is 25.3 Å². The molecule has 0 unspecified atom stereocenters. The van der Waals surface area contributed by atoms with Crippen LogP contribution in [-0.4, -0.2) is 35.9 Å². The van der Waals surface area contributed by atoms with Crippen molar-refractivity contribution in [3.05, 3.63) is 51.8 Å². The van der Waals surface area contributed by atoms with Crippen LogP contribution in [0.25, 0.3) is 17.4 Å². The number of carbonyl (C=O) groups is 1. The molecule has 0 aliphatic carbocycles. The quantitative estimate of drug-likeness (QED) is 0.347. The summed E-state index contributed by atoms with van der Waals surface area (Å²) in [6, 6.07) is 9.48. The number of furan rings is 1. The molecule has 27 heavy (non-hydrogen) atoms. The Labute approximate surface area is 155 Å². The van der Waals surface area contributed by atoms with Crippen molar-refractivity contribution in [1.29, 1.82) is 5.26 Å². The fourth-order valence-corrected chi connectivity index (χ4v) is 2.95. The minimum atomic E-state index is -0.520. The van der Waals surface area contributed by atoms with E-state index in [1.54, 1.807) is 23.1 Å². The van der Waals surface area contributed by atoms with E-state index in [4.69, 9.17) is 9.15 Å². The molecule has 0 atom stereocenters. The summed E-state index contributed by atoms with van der Waals surface area (Å²) in [5.41, 5.74) is 0.0970. The van der Waals surface area contributed by atoms with Crippen molar-refractivity contribution in [2.75, 3.05) is 20.2 Å². The van der Waals surface area contributed by atoms with Crippen LogP contribution in [0.3, 0.4) is 0 Å². The summed E-state index contributed by atoms with van der Waals surface area (Å²) in [5.74, 6) is 0.573. The summed E-state index contributed by atoms with van der Waals surface area (Å²) in [4.78, 5) is 24.8. The van der Waals surface area contributed by atoms with Crippen molar-refractivity contribution in [3.63, 3.8) is 0 Å². The molecule has 0 bridgehead atoms. The zero-order chi connectivity index (χ0) is 19.4. The lowest BCUT2D eigenvalue weighted by atomic mass is 10.1. The van der Waals surface area contributed by atoms with Gasteiger partial charge in [-0.3, -0.25) is 14.9 Å². The zero-order valence-corrected chi connectivity index (χ0v) is 14.7. The van der Waals surface area contributed by atoms with Crippen LogP contribution in [0.2, 0.25) is 0 Å². The molecule has 1 aliphatic rings. The molecule has 3 rings (SSSR count). The monoisotopic (exact) mass is 367 g/mol. The maximum atomic E-state index is 12.4. The number of methoxy groups -OCH3 is 1. The van der Waals surface area contributed by atoms with Crippen LogP contribution in [0.1, 0.15) is 18.6 Å². The Kier molecular flexibility index (Phi) is 5.22. The van der Waals surface area contributed by atoms with Gasteiger partial charge in [-0.2, -0.15) is 5.26 Å². The van der Waals surface area contributed by atoms with Gasteiger partial charge in [0.05, 0.1) is 23.7 Å². The first kappa shape index (κ1) is 18.2. The van der Waals surface area contributed by atoms with Gasteiger partial charge in [-0.15, -0.1) is 0 Å². The molecule has 0 N–H and O–H groups in total. The maximum absolute atomic E-state index is 12.4. The van der Waals surface area contributed by atoms with Gasteiger partial charge in [-0.1, -0.05) is 0 Å². The lowest BCUT2D eigenvalue weighted by molar-refractivity contribution is -0.384. The number of hydrogen-bond donors (Lipinski definition) is 0. The summed E-state index contributed by atoms with van der Waals surface area (Å²) in [6.45, 7) is 1.28. The third-order valence-electron chi connectivity index (χ3n) is 4.32. The SMILES string of the molecule is COc1ccc(-c2ccc(/C=C(\C#N)C(=O)N3CCCC3)o2)c([N+](=O)[O-])c1. The van der Waals surface area contributed by atoms with Gasteiger partial charge in [0.1, 0.15) is 28.9 Å². The van der Waals surface area contributed by atoms with Crippen LogP contribution in [0, 0.1) is 21.4 Å². The fourth-order valence-electron chi connectivity index (χ4n) is 2.95. The Hall–Kier alpha value is -3.60. The third-order valence-corrected chi connectivity index (χ3v) is 4.32. The van der Waals surface area contributed by atoms with Crippen LogP contribution in [0.15, 0.2) is 40.3 Å². The molecule has 1 saturated heterocycles. The van der Waals surface area contributed by atoms with E-state index < -0.39 is 4.92 Å². The number of nitro benzene ring substituents is 1. The van der Waals surface area contributed by atoms with E-state index in [1.807, 2.05) is 6.07 Å². The predicted molar refractivity (Wildman–Crippen MR) is 96.8 cm³/mol. The van der Waals surface area contributed by atoms with Gasteiger partial charge in [-0.05, 0) is 37.1 Å². The Morgan fingerprint density at radius 1 is 1.33 bits per heavy atom. The van der Waals surface area contributed by atoms with Crippen LogP contribution in [0.4, 0.5) is 5.69 Å². The molecule has 1 aromatic carbocycles. The summed E-state index contributed by atoms with van der Waals surface area (Å²) in [6.07, 6.45) is 3.21. The normalized spacial score (nSPS) is 14.1. The summed E-state index contributed by atoms with van der Waals surface area (Å²) < 4.78 is 10.7. The highest BCUT2D eigenvalue weighted by atomic mass is 16.6. The van der Waals surface area contributed by atoms with Gasteiger partial charge in [0.25, 0.3) is 11.6 Å². The minimum absolute atomic E-state index is 0.0259. The number of nitriles is 1. The first-order valence-electron chi connectivity index (χ1n) is 8.37. The molecule has 0 radical (unpaired) electrons. The summed E-state index contributed by atoms with van der Waals surface area (Å²) in [5, 5.41) is 20.6. The Morgan fingerprint density at radius 3 is 2.70 bits per heavy atom. The van der Waals surface area contributed by atoms with Crippen molar-refractivity contribution in [1.82, 2.24) is 4.90 Å². The summed E-state index contributed by atoms with van der Waals surface area (Å²) in [7, 11) is 1.43. The number of carbonyl (C=O) groups excluding carboxylic acids is 1. The molecule has 2 aromatic rings. The average molecular weight is 367 g/mol. The average Bonchev–Trinajstić information content (AvgIpc) is 3.37. The van der Waals surface area contributed by atoms with Crippen molar-refractivity contribution < 1.29 is 18.9 Å². The minimum Gasteiger partial charge on any atom is -0.497 e. The van der Waals surface area contributed by atoms with Gasteiger partial charge >= 0.3 is 0 Å².